The summed E-state index contributed by atoms with van der Waals surface area (Å²) >= 11 is 0. The van der Waals surface area contributed by atoms with Crippen LogP contribution in [0.4, 0.5) is 0 Å². The van der Waals surface area contributed by atoms with Crippen molar-refractivity contribution in [2.24, 2.45) is 0 Å². The van der Waals surface area contributed by atoms with E-state index in [0.717, 1.165) is 42.4 Å². The Balaban J connectivity index is 1.48. The Bertz CT molecular complexity index is 1040. The summed E-state index contributed by atoms with van der Waals surface area (Å²) in [6, 6.07) is 16.8. The summed E-state index contributed by atoms with van der Waals surface area (Å²) in [5, 5.41) is 7.16. The molecule has 6 heteroatoms. The molecule has 1 aliphatic heterocycles. The van der Waals surface area contributed by atoms with Crippen LogP contribution >= 0.6 is 0 Å². The fourth-order valence-electron chi connectivity index (χ4n) is 4.19. The van der Waals surface area contributed by atoms with E-state index in [9.17, 15) is 9.59 Å². The number of hydrogen-bond donors (Lipinski definition) is 3. The van der Waals surface area contributed by atoms with Crippen molar-refractivity contribution in [2.45, 2.75) is 44.8 Å². The van der Waals surface area contributed by atoms with Gasteiger partial charge < -0.3 is 20.5 Å². The average molecular weight is 419 g/mol. The summed E-state index contributed by atoms with van der Waals surface area (Å²) in [6.45, 7) is 6.34. The van der Waals surface area contributed by atoms with Gasteiger partial charge in [-0.1, -0.05) is 36.4 Å². The van der Waals surface area contributed by atoms with Gasteiger partial charge in [0.05, 0.1) is 0 Å². The minimum absolute atomic E-state index is 0.126. The number of benzene rings is 2. The Hall–Kier alpha value is -3.12. The zero-order valence-corrected chi connectivity index (χ0v) is 18.1. The maximum Gasteiger partial charge on any atom is 0.252 e. The Kier molecular flexibility index (Phi) is 6.37. The Morgan fingerprint density at radius 3 is 2.48 bits per heavy atom. The molecule has 162 valence electrons. The number of nitrogens with one attached hydrogen (secondary N) is 3. The van der Waals surface area contributed by atoms with Crippen molar-refractivity contribution < 1.29 is 9.59 Å². The van der Waals surface area contributed by atoms with Gasteiger partial charge in [0.15, 0.2) is 0 Å². The van der Waals surface area contributed by atoms with E-state index in [0.29, 0.717) is 11.6 Å². The number of hydrogen-bond acceptors (Lipinski definition) is 3. The number of aromatic nitrogens is 1. The lowest BCUT2D eigenvalue weighted by Gasteiger charge is -2.35. The lowest BCUT2D eigenvalue weighted by Crippen LogP contribution is -2.49. The Labute approximate surface area is 183 Å². The highest BCUT2D eigenvalue weighted by Gasteiger charge is 2.28. The quantitative estimate of drug-likeness (QED) is 0.572. The monoisotopic (exact) mass is 418 g/mol. The number of H-pyrrole nitrogens is 1. The summed E-state index contributed by atoms with van der Waals surface area (Å²) in [4.78, 5) is 31.8. The van der Waals surface area contributed by atoms with Crippen molar-refractivity contribution in [3.05, 3.63) is 71.9 Å². The van der Waals surface area contributed by atoms with Gasteiger partial charge in [-0.3, -0.25) is 9.59 Å². The van der Waals surface area contributed by atoms with E-state index in [-0.39, 0.29) is 17.9 Å². The summed E-state index contributed by atoms with van der Waals surface area (Å²) in [5.41, 5.74) is 2.19. The summed E-state index contributed by atoms with van der Waals surface area (Å²) < 4.78 is 0. The molecule has 1 atom stereocenters. The van der Waals surface area contributed by atoms with E-state index in [4.69, 9.17) is 0 Å². The number of piperidine rings is 1. The average Bonchev–Trinajstić information content (AvgIpc) is 3.26. The predicted octanol–water partition coefficient (Wildman–Crippen LogP) is 3.63. The highest BCUT2D eigenvalue weighted by molar-refractivity contribution is 6.00. The number of carbonyl (C=O) groups excluding carboxylic acids is 2. The number of nitrogens with zero attached hydrogens (tertiary/aromatic N) is 1. The first kappa shape index (κ1) is 21.1. The van der Waals surface area contributed by atoms with Crippen molar-refractivity contribution in [2.75, 3.05) is 13.1 Å². The zero-order chi connectivity index (χ0) is 21.8. The third kappa shape index (κ3) is 4.97. The van der Waals surface area contributed by atoms with E-state index < -0.39 is 6.04 Å². The molecule has 0 unspecified atom stereocenters. The van der Waals surface area contributed by atoms with Crippen molar-refractivity contribution >= 4 is 22.7 Å². The van der Waals surface area contributed by atoms with Gasteiger partial charge in [-0.25, -0.2) is 0 Å². The number of rotatable bonds is 6. The van der Waals surface area contributed by atoms with Gasteiger partial charge in [-0.05, 0) is 55.8 Å². The van der Waals surface area contributed by atoms with Gasteiger partial charge in [0.1, 0.15) is 6.04 Å². The van der Waals surface area contributed by atoms with Crippen LogP contribution in [0.3, 0.4) is 0 Å². The molecule has 0 bridgehead atoms. The maximum atomic E-state index is 13.2. The van der Waals surface area contributed by atoms with Gasteiger partial charge in [-0.15, -0.1) is 0 Å². The molecule has 31 heavy (non-hydrogen) atoms. The van der Waals surface area contributed by atoms with Crippen LogP contribution in [0, 0.1) is 0 Å². The molecule has 2 aromatic carbocycles. The smallest absolute Gasteiger partial charge is 0.252 e. The molecule has 4 rings (SSSR count). The number of likely N-dealkylation sites (tertiary alicyclic amines) is 1. The topological polar surface area (TPSA) is 77.2 Å². The van der Waals surface area contributed by atoms with Crippen LogP contribution in [0.15, 0.2) is 60.8 Å². The number of aromatic amines is 1. The molecule has 0 radical (unpaired) electrons. The number of carbonyl (C=O) groups is 2. The molecule has 3 aromatic rings. The third-order valence-corrected chi connectivity index (χ3v) is 6.09. The van der Waals surface area contributed by atoms with Crippen molar-refractivity contribution in [3.63, 3.8) is 0 Å². The molecule has 0 saturated carbocycles. The van der Waals surface area contributed by atoms with Crippen LogP contribution in [0.1, 0.15) is 48.7 Å². The Morgan fingerprint density at radius 2 is 1.77 bits per heavy atom. The molecular formula is C25H30N4O2. The van der Waals surface area contributed by atoms with E-state index >= 15 is 0 Å². The molecule has 0 spiro atoms. The number of fused-ring (bicyclic) bond motifs is 1. The van der Waals surface area contributed by atoms with Crippen LogP contribution in [0.2, 0.25) is 0 Å². The molecule has 1 aliphatic rings. The lowest BCUT2D eigenvalue weighted by atomic mass is 10.0. The predicted molar refractivity (Wildman–Crippen MR) is 123 cm³/mol. The molecular weight excluding hydrogens is 388 g/mol. The second-order valence-electron chi connectivity index (χ2n) is 8.51. The van der Waals surface area contributed by atoms with Crippen molar-refractivity contribution in [1.29, 1.82) is 0 Å². The molecule has 2 amide bonds. The third-order valence-electron chi connectivity index (χ3n) is 6.09. The van der Waals surface area contributed by atoms with Crippen LogP contribution in [-0.4, -0.2) is 46.9 Å². The summed E-state index contributed by atoms with van der Waals surface area (Å²) in [5.74, 6) is -0.432. The molecule has 6 nitrogen and oxygen atoms in total. The maximum absolute atomic E-state index is 13.2. The molecule has 0 aliphatic carbocycles. The largest absolute Gasteiger partial charge is 0.361 e. The minimum Gasteiger partial charge on any atom is -0.361 e. The van der Waals surface area contributed by atoms with E-state index in [1.807, 2.05) is 54.7 Å². The second kappa shape index (κ2) is 9.35. The van der Waals surface area contributed by atoms with Gasteiger partial charge in [0.25, 0.3) is 5.91 Å². The van der Waals surface area contributed by atoms with Crippen molar-refractivity contribution in [1.82, 2.24) is 20.5 Å². The minimum atomic E-state index is -0.740. The highest BCUT2D eigenvalue weighted by Crippen LogP contribution is 2.19. The van der Waals surface area contributed by atoms with Crippen LogP contribution in [0.5, 0.6) is 0 Å². The highest BCUT2D eigenvalue weighted by atomic mass is 16.2. The van der Waals surface area contributed by atoms with E-state index in [2.05, 4.69) is 34.4 Å². The van der Waals surface area contributed by atoms with Gasteiger partial charge in [0.2, 0.25) is 5.91 Å². The first-order valence-corrected chi connectivity index (χ1v) is 11.0. The molecule has 1 fully saturated rings. The fraction of sp³-hybridized carbons (Fsp3) is 0.360. The van der Waals surface area contributed by atoms with Crippen LogP contribution < -0.4 is 10.6 Å². The van der Waals surface area contributed by atoms with E-state index in [1.54, 1.807) is 6.07 Å². The second-order valence-corrected chi connectivity index (χ2v) is 8.51. The van der Waals surface area contributed by atoms with Crippen LogP contribution in [0.25, 0.3) is 10.9 Å². The molecule has 1 saturated heterocycles. The van der Waals surface area contributed by atoms with Gasteiger partial charge >= 0.3 is 0 Å². The normalized spacial score (nSPS) is 16.4. The van der Waals surface area contributed by atoms with Crippen molar-refractivity contribution in [3.8, 4) is 0 Å². The van der Waals surface area contributed by atoms with Gasteiger partial charge in [-0.2, -0.15) is 0 Å². The summed E-state index contributed by atoms with van der Waals surface area (Å²) in [7, 11) is 0. The standard InChI is InChI=1S/C25H30N4O2/c1-17(2)29-14-11-21(12-15-29)27-25(31)23(19-6-4-3-5-7-19)28-24(30)20-9-8-18-10-13-26-22(18)16-20/h3-10,13,16-17,21,23,26H,11-12,14-15H2,1-2H3,(H,27,31)(H,28,30)/t23-/m1/s1. The Morgan fingerprint density at radius 1 is 1.03 bits per heavy atom. The lowest BCUT2D eigenvalue weighted by molar-refractivity contribution is -0.124. The van der Waals surface area contributed by atoms with Crippen LogP contribution in [-0.2, 0) is 4.79 Å². The SMILES string of the molecule is CC(C)N1CCC(NC(=O)[C@H](NC(=O)c2ccc3cc[nH]c3c2)c2ccccc2)CC1. The molecule has 2 heterocycles. The first-order chi connectivity index (χ1) is 15.0. The molecule has 1 aromatic heterocycles. The van der Waals surface area contributed by atoms with E-state index in [1.165, 1.54) is 0 Å². The molecule has 3 N–H and O–H groups in total. The first-order valence-electron chi connectivity index (χ1n) is 11.0. The van der Waals surface area contributed by atoms with Gasteiger partial charge in [0, 0.05) is 42.5 Å². The zero-order valence-electron chi connectivity index (χ0n) is 18.1. The number of amides is 2. The summed E-state index contributed by atoms with van der Waals surface area (Å²) in [6.07, 6.45) is 3.68. The fourth-order valence-corrected chi connectivity index (χ4v) is 4.19.